The summed E-state index contributed by atoms with van der Waals surface area (Å²) in [6.45, 7) is 3.66. The quantitative estimate of drug-likeness (QED) is 0.866. The van der Waals surface area contributed by atoms with Gasteiger partial charge >= 0.3 is 5.97 Å². The molecule has 2 aromatic rings. The van der Waals surface area contributed by atoms with Gasteiger partial charge in [0.25, 0.3) is 0 Å². The van der Waals surface area contributed by atoms with Crippen molar-refractivity contribution in [3.8, 4) is 11.4 Å². The first kappa shape index (κ1) is 12.3. The molecule has 1 atom stereocenters. The minimum Gasteiger partial charge on any atom is -0.481 e. The lowest BCUT2D eigenvalue weighted by atomic mass is 10.1. The maximum Gasteiger partial charge on any atom is 0.314 e. The van der Waals surface area contributed by atoms with Gasteiger partial charge in [0, 0.05) is 11.9 Å². The molecule has 0 aromatic carbocycles. The molecule has 5 heteroatoms. The maximum atomic E-state index is 11.2. The number of aliphatic carboxylic acids is 1. The zero-order valence-corrected chi connectivity index (χ0v) is 10.3. The van der Waals surface area contributed by atoms with Crippen LogP contribution in [0.2, 0.25) is 0 Å². The third-order valence-electron chi connectivity index (χ3n) is 2.76. The molecule has 0 aliphatic rings. The Hall–Kier alpha value is -2.17. The van der Waals surface area contributed by atoms with E-state index in [-0.39, 0.29) is 0 Å². The Labute approximate surface area is 105 Å². The fourth-order valence-electron chi connectivity index (χ4n) is 1.84. The van der Waals surface area contributed by atoms with Crippen molar-refractivity contribution in [1.29, 1.82) is 0 Å². The number of carbonyl (C=O) groups is 1. The van der Waals surface area contributed by atoms with Crippen LogP contribution in [0.4, 0.5) is 0 Å². The molecule has 0 fully saturated rings. The SMILES string of the molecule is CCC(C(=O)O)c1nc(C)cc(-c2ccc[nH]2)n1. The van der Waals surface area contributed by atoms with E-state index in [2.05, 4.69) is 15.0 Å². The summed E-state index contributed by atoms with van der Waals surface area (Å²) in [5.41, 5.74) is 2.36. The molecular formula is C13H15N3O2. The van der Waals surface area contributed by atoms with Crippen molar-refractivity contribution in [3.05, 3.63) is 35.9 Å². The summed E-state index contributed by atoms with van der Waals surface area (Å²) in [5, 5.41) is 9.15. The molecule has 2 rings (SSSR count). The van der Waals surface area contributed by atoms with Gasteiger partial charge in [0.1, 0.15) is 11.7 Å². The molecule has 0 aliphatic carbocycles. The van der Waals surface area contributed by atoms with Gasteiger partial charge in [-0.2, -0.15) is 0 Å². The third-order valence-corrected chi connectivity index (χ3v) is 2.76. The van der Waals surface area contributed by atoms with Crippen molar-refractivity contribution >= 4 is 5.97 Å². The summed E-state index contributed by atoms with van der Waals surface area (Å²) in [6, 6.07) is 5.61. The second-order valence-electron chi connectivity index (χ2n) is 4.14. The molecule has 2 aromatic heterocycles. The first-order valence-electron chi connectivity index (χ1n) is 5.84. The largest absolute Gasteiger partial charge is 0.481 e. The predicted molar refractivity (Wildman–Crippen MR) is 67.2 cm³/mol. The minimum absolute atomic E-state index is 0.370. The van der Waals surface area contributed by atoms with Crippen molar-refractivity contribution in [2.75, 3.05) is 0 Å². The minimum atomic E-state index is -0.888. The van der Waals surface area contributed by atoms with Crippen molar-refractivity contribution in [2.24, 2.45) is 0 Å². The molecule has 5 nitrogen and oxygen atoms in total. The molecule has 2 N–H and O–H groups in total. The normalized spacial score (nSPS) is 12.3. The van der Waals surface area contributed by atoms with Crippen molar-refractivity contribution in [3.63, 3.8) is 0 Å². The van der Waals surface area contributed by atoms with Crippen molar-refractivity contribution in [1.82, 2.24) is 15.0 Å². The number of H-pyrrole nitrogens is 1. The van der Waals surface area contributed by atoms with Gasteiger partial charge in [0.05, 0.1) is 11.4 Å². The molecule has 18 heavy (non-hydrogen) atoms. The molecule has 0 bridgehead atoms. The van der Waals surface area contributed by atoms with Gasteiger partial charge in [0.15, 0.2) is 0 Å². The number of hydrogen-bond donors (Lipinski definition) is 2. The monoisotopic (exact) mass is 245 g/mol. The van der Waals surface area contributed by atoms with Gasteiger partial charge < -0.3 is 10.1 Å². The molecule has 0 aliphatic heterocycles. The van der Waals surface area contributed by atoms with Crippen molar-refractivity contribution < 1.29 is 9.90 Å². The van der Waals surface area contributed by atoms with E-state index in [4.69, 9.17) is 5.11 Å². The number of carboxylic acid groups (broad SMARTS) is 1. The van der Waals surface area contributed by atoms with Crippen molar-refractivity contribution in [2.45, 2.75) is 26.2 Å². The van der Waals surface area contributed by atoms with Crippen LogP contribution in [0.15, 0.2) is 24.4 Å². The lowest BCUT2D eigenvalue weighted by molar-refractivity contribution is -0.139. The lowest BCUT2D eigenvalue weighted by Crippen LogP contribution is -2.15. The van der Waals surface area contributed by atoms with Gasteiger partial charge in [-0.1, -0.05) is 6.92 Å². The fourth-order valence-corrected chi connectivity index (χ4v) is 1.84. The summed E-state index contributed by atoms with van der Waals surface area (Å²) in [5.74, 6) is -1.17. The summed E-state index contributed by atoms with van der Waals surface area (Å²) >= 11 is 0. The number of aromatic nitrogens is 3. The number of aromatic amines is 1. The Morgan fingerprint density at radius 2 is 2.28 bits per heavy atom. The van der Waals surface area contributed by atoms with Crippen LogP contribution in [-0.4, -0.2) is 26.0 Å². The van der Waals surface area contributed by atoms with Gasteiger partial charge in [-0.05, 0) is 31.5 Å². The molecule has 94 valence electrons. The average molecular weight is 245 g/mol. The Morgan fingerprint density at radius 1 is 1.50 bits per heavy atom. The first-order chi connectivity index (χ1) is 8.61. The van der Waals surface area contributed by atoms with E-state index >= 15 is 0 Å². The number of nitrogens with one attached hydrogen (secondary N) is 1. The molecule has 1 unspecified atom stereocenters. The van der Waals surface area contributed by atoms with Crippen LogP contribution < -0.4 is 0 Å². The second-order valence-corrected chi connectivity index (χ2v) is 4.14. The van der Waals surface area contributed by atoms with Gasteiger partial charge in [-0.25, -0.2) is 9.97 Å². The topological polar surface area (TPSA) is 78.9 Å². The Bertz CT molecular complexity index is 549. The zero-order chi connectivity index (χ0) is 13.1. The van der Waals surface area contributed by atoms with Crippen LogP contribution in [0.3, 0.4) is 0 Å². The third kappa shape index (κ3) is 2.40. The predicted octanol–water partition coefficient (Wildman–Crippen LogP) is 2.36. The van der Waals surface area contributed by atoms with E-state index in [0.29, 0.717) is 12.2 Å². The highest BCUT2D eigenvalue weighted by Crippen LogP contribution is 2.21. The molecule has 0 radical (unpaired) electrons. The smallest absolute Gasteiger partial charge is 0.314 e. The molecule has 0 amide bonds. The van der Waals surface area contributed by atoms with Gasteiger partial charge in [-0.3, -0.25) is 4.79 Å². The van der Waals surface area contributed by atoms with E-state index in [1.807, 2.05) is 32.0 Å². The standard InChI is InChI=1S/C13H15N3O2/c1-3-9(13(17)18)12-15-8(2)7-11(16-12)10-5-4-6-14-10/h4-7,9,14H,3H2,1-2H3,(H,17,18). The summed E-state index contributed by atoms with van der Waals surface area (Å²) in [6.07, 6.45) is 2.28. The van der Waals surface area contributed by atoms with Crippen LogP contribution in [0.1, 0.15) is 30.8 Å². The number of nitrogens with zero attached hydrogens (tertiary/aromatic N) is 2. The Morgan fingerprint density at radius 3 is 2.83 bits per heavy atom. The van der Waals surface area contributed by atoms with E-state index in [9.17, 15) is 4.79 Å². The second kappa shape index (κ2) is 5.00. The summed E-state index contributed by atoms with van der Waals surface area (Å²) < 4.78 is 0. The highest BCUT2D eigenvalue weighted by Gasteiger charge is 2.21. The first-order valence-corrected chi connectivity index (χ1v) is 5.84. The van der Waals surface area contributed by atoms with Crippen LogP contribution in [0, 0.1) is 6.92 Å². The van der Waals surface area contributed by atoms with Gasteiger partial charge in [-0.15, -0.1) is 0 Å². The maximum absolute atomic E-state index is 11.2. The molecular weight excluding hydrogens is 230 g/mol. The number of carboxylic acids is 1. The van der Waals surface area contributed by atoms with E-state index in [0.717, 1.165) is 17.1 Å². The lowest BCUT2D eigenvalue weighted by Gasteiger charge is -2.10. The summed E-state index contributed by atoms with van der Waals surface area (Å²) in [7, 11) is 0. The fraction of sp³-hybridized carbons (Fsp3) is 0.308. The number of hydrogen-bond acceptors (Lipinski definition) is 3. The highest BCUT2D eigenvalue weighted by molar-refractivity contribution is 5.75. The Kier molecular flexibility index (Phi) is 3.41. The Balaban J connectivity index is 2.47. The molecule has 0 saturated carbocycles. The van der Waals surface area contributed by atoms with E-state index < -0.39 is 11.9 Å². The van der Waals surface area contributed by atoms with Gasteiger partial charge in [0.2, 0.25) is 0 Å². The van der Waals surface area contributed by atoms with Crippen LogP contribution in [-0.2, 0) is 4.79 Å². The van der Waals surface area contributed by atoms with Crippen LogP contribution >= 0.6 is 0 Å². The summed E-state index contributed by atoms with van der Waals surface area (Å²) in [4.78, 5) is 22.8. The molecule has 0 spiro atoms. The van der Waals surface area contributed by atoms with Crippen LogP contribution in [0.25, 0.3) is 11.4 Å². The van der Waals surface area contributed by atoms with Crippen LogP contribution in [0.5, 0.6) is 0 Å². The zero-order valence-electron chi connectivity index (χ0n) is 10.3. The molecule has 0 saturated heterocycles. The molecule has 2 heterocycles. The highest BCUT2D eigenvalue weighted by atomic mass is 16.4. The average Bonchev–Trinajstić information content (AvgIpc) is 2.82. The number of rotatable bonds is 4. The van der Waals surface area contributed by atoms with E-state index in [1.165, 1.54) is 0 Å². The number of aryl methyl sites for hydroxylation is 1. The van der Waals surface area contributed by atoms with E-state index in [1.54, 1.807) is 6.20 Å².